The Hall–Kier alpha value is -3.66. The molecule has 0 saturated heterocycles. The van der Waals surface area contributed by atoms with Gasteiger partial charge in [-0.15, -0.1) is 0 Å². The van der Waals surface area contributed by atoms with E-state index in [1.165, 1.54) is 31.8 Å². The summed E-state index contributed by atoms with van der Waals surface area (Å²) in [5.74, 6) is -0.259. The molecule has 0 radical (unpaired) electrons. The third-order valence-electron chi connectivity index (χ3n) is 3.79. The van der Waals surface area contributed by atoms with Gasteiger partial charge in [0, 0.05) is 29.9 Å². The number of ether oxygens (including phenoxy) is 2. The second kappa shape index (κ2) is 9.51. The number of pyridine rings is 2. The molecule has 0 spiro atoms. The van der Waals surface area contributed by atoms with Crippen LogP contribution in [0.4, 0.5) is 4.39 Å². The highest BCUT2D eigenvalue weighted by molar-refractivity contribution is 5.92. The van der Waals surface area contributed by atoms with Crippen molar-refractivity contribution < 1.29 is 18.7 Å². The summed E-state index contributed by atoms with van der Waals surface area (Å²) in [7, 11) is 1.46. The van der Waals surface area contributed by atoms with Gasteiger partial charge < -0.3 is 9.47 Å². The molecule has 0 fully saturated rings. The first-order chi connectivity index (χ1) is 14.1. The minimum Gasteiger partial charge on any atom is -0.495 e. The van der Waals surface area contributed by atoms with E-state index in [2.05, 4.69) is 30.8 Å². The lowest BCUT2D eigenvalue weighted by atomic mass is 10.2. The highest BCUT2D eigenvalue weighted by Gasteiger charge is 2.11. The Balaban J connectivity index is 1.63. The fourth-order valence-electron chi connectivity index (χ4n) is 2.37. The van der Waals surface area contributed by atoms with E-state index in [9.17, 15) is 9.18 Å². The van der Waals surface area contributed by atoms with Gasteiger partial charge in [0.15, 0.2) is 0 Å². The normalized spacial score (nSPS) is 10.4. The monoisotopic (exact) mass is 398 g/mol. The number of aromatic nitrogens is 4. The molecular formula is C19H19FN6O3. The zero-order chi connectivity index (χ0) is 20.6. The van der Waals surface area contributed by atoms with Crippen LogP contribution in [0, 0.1) is 5.95 Å². The van der Waals surface area contributed by atoms with Gasteiger partial charge in [-0.3, -0.25) is 15.2 Å². The van der Waals surface area contributed by atoms with Crippen LogP contribution in [-0.2, 0) is 6.54 Å². The van der Waals surface area contributed by atoms with Crippen molar-refractivity contribution in [3.63, 3.8) is 0 Å². The lowest BCUT2D eigenvalue weighted by Crippen LogP contribution is -2.37. The van der Waals surface area contributed by atoms with Gasteiger partial charge in [-0.1, -0.05) is 0 Å². The summed E-state index contributed by atoms with van der Waals surface area (Å²) >= 11 is 0. The summed E-state index contributed by atoms with van der Waals surface area (Å²) in [4.78, 5) is 28.4. The summed E-state index contributed by atoms with van der Waals surface area (Å²) in [5.41, 5.74) is 6.60. The second-order valence-corrected chi connectivity index (χ2v) is 5.74. The minimum atomic E-state index is -0.655. The number of hydrazine groups is 1. The first-order valence-electron chi connectivity index (χ1n) is 8.73. The van der Waals surface area contributed by atoms with E-state index in [-0.39, 0.29) is 17.8 Å². The maximum atomic E-state index is 13.7. The fraction of sp³-hybridized carbons (Fsp3) is 0.211. The fourth-order valence-corrected chi connectivity index (χ4v) is 2.37. The standard InChI is InChI=1S/C19H19FN6O3/c1-3-29-17-5-4-12(7-22-17)15-10-21-11-16(25-15)19(27)26-24-8-13-6-14(28-2)9-23-18(13)20/h4-7,9-11,24H,3,8H2,1-2H3,(H,26,27). The Morgan fingerprint density at radius 1 is 1.17 bits per heavy atom. The van der Waals surface area contributed by atoms with E-state index in [4.69, 9.17) is 9.47 Å². The zero-order valence-electron chi connectivity index (χ0n) is 15.8. The van der Waals surface area contributed by atoms with Crippen LogP contribution < -0.4 is 20.3 Å². The molecule has 0 bridgehead atoms. The van der Waals surface area contributed by atoms with Crippen molar-refractivity contribution in [3.05, 3.63) is 60.2 Å². The molecule has 9 nitrogen and oxygen atoms in total. The minimum absolute atomic E-state index is 0.0116. The Morgan fingerprint density at radius 2 is 2.03 bits per heavy atom. The average molecular weight is 398 g/mol. The molecule has 3 heterocycles. The number of carbonyl (C=O) groups is 1. The van der Waals surface area contributed by atoms with E-state index in [1.807, 2.05) is 6.92 Å². The van der Waals surface area contributed by atoms with Crippen LogP contribution in [0.3, 0.4) is 0 Å². The van der Waals surface area contributed by atoms with Gasteiger partial charge in [0.1, 0.15) is 11.4 Å². The van der Waals surface area contributed by atoms with Crippen LogP contribution in [0.2, 0.25) is 0 Å². The maximum Gasteiger partial charge on any atom is 0.285 e. The first-order valence-corrected chi connectivity index (χ1v) is 8.73. The molecule has 29 heavy (non-hydrogen) atoms. The van der Waals surface area contributed by atoms with Crippen LogP contribution in [0.1, 0.15) is 23.0 Å². The van der Waals surface area contributed by atoms with Crippen LogP contribution in [-0.4, -0.2) is 39.6 Å². The average Bonchev–Trinajstić information content (AvgIpc) is 2.76. The van der Waals surface area contributed by atoms with Gasteiger partial charge in [-0.05, 0) is 19.1 Å². The van der Waals surface area contributed by atoms with Crippen LogP contribution in [0.25, 0.3) is 11.3 Å². The highest BCUT2D eigenvalue weighted by Crippen LogP contribution is 2.18. The summed E-state index contributed by atoms with van der Waals surface area (Å²) in [6, 6.07) is 4.98. The number of rotatable bonds is 8. The van der Waals surface area contributed by atoms with Gasteiger partial charge >= 0.3 is 0 Å². The Bertz CT molecular complexity index is 984. The Morgan fingerprint density at radius 3 is 2.76 bits per heavy atom. The predicted octanol–water partition coefficient (Wildman–Crippen LogP) is 1.91. The van der Waals surface area contributed by atoms with E-state index >= 15 is 0 Å². The molecule has 150 valence electrons. The van der Waals surface area contributed by atoms with Crippen molar-refractivity contribution in [1.29, 1.82) is 0 Å². The largest absolute Gasteiger partial charge is 0.495 e. The molecule has 0 unspecified atom stereocenters. The molecule has 0 aromatic carbocycles. The topological polar surface area (TPSA) is 111 Å². The van der Waals surface area contributed by atoms with E-state index in [0.717, 1.165) is 0 Å². The summed E-state index contributed by atoms with van der Waals surface area (Å²) in [6.07, 6.45) is 5.72. The molecule has 3 aromatic rings. The number of methoxy groups -OCH3 is 1. The summed E-state index contributed by atoms with van der Waals surface area (Å²) in [6.45, 7) is 2.40. The van der Waals surface area contributed by atoms with Crippen molar-refractivity contribution >= 4 is 5.91 Å². The smallest absolute Gasteiger partial charge is 0.285 e. The van der Waals surface area contributed by atoms with Gasteiger partial charge in [0.05, 0.1) is 38.0 Å². The predicted molar refractivity (Wildman–Crippen MR) is 101 cm³/mol. The van der Waals surface area contributed by atoms with Crippen LogP contribution >= 0.6 is 0 Å². The van der Waals surface area contributed by atoms with Gasteiger partial charge in [0.25, 0.3) is 5.91 Å². The van der Waals surface area contributed by atoms with Gasteiger partial charge in [0.2, 0.25) is 11.8 Å². The van der Waals surface area contributed by atoms with Gasteiger partial charge in [-0.2, -0.15) is 4.39 Å². The molecule has 3 aromatic heterocycles. The van der Waals surface area contributed by atoms with Crippen LogP contribution in [0.15, 0.2) is 43.0 Å². The second-order valence-electron chi connectivity index (χ2n) is 5.74. The highest BCUT2D eigenvalue weighted by atomic mass is 19.1. The van der Waals surface area contributed by atoms with Crippen molar-refractivity contribution in [2.24, 2.45) is 0 Å². The molecular weight excluding hydrogens is 379 g/mol. The van der Waals surface area contributed by atoms with E-state index < -0.39 is 11.9 Å². The first kappa shape index (κ1) is 20.1. The number of halogens is 1. The molecule has 3 rings (SSSR count). The number of hydrogen-bond donors (Lipinski definition) is 2. The Kier molecular flexibility index (Phi) is 6.59. The van der Waals surface area contributed by atoms with Crippen LogP contribution in [0.5, 0.6) is 11.6 Å². The Labute approximate surface area is 166 Å². The SMILES string of the molecule is CCOc1ccc(-c2cncc(C(=O)NNCc3cc(OC)cnc3F)n2)cn1. The summed E-state index contributed by atoms with van der Waals surface area (Å²) in [5, 5.41) is 0. The molecule has 0 aliphatic heterocycles. The van der Waals surface area contributed by atoms with Crippen molar-refractivity contribution in [2.45, 2.75) is 13.5 Å². The molecule has 10 heteroatoms. The lowest BCUT2D eigenvalue weighted by Gasteiger charge is -2.09. The number of nitrogens with zero attached hydrogens (tertiary/aromatic N) is 4. The molecule has 0 aliphatic carbocycles. The molecule has 0 aliphatic rings. The third kappa shape index (κ3) is 5.20. The number of carbonyl (C=O) groups excluding carboxylic acids is 1. The quantitative estimate of drug-likeness (QED) is 0.437. The molecule has 1 amide bonds. The molecule has 2 N–H and O–H groups in total. The third-order valence-corrected chi connectivity index (χ3v) is 3.79. The molecule has 0 saturated carbocycles. The number of hydrogen-bond acceptors (Lipinski definition) is 8. The lowest BCUT2D eigenvalue weighted by molar-refractivity contribution is 0.0926. The van der Waals surface area contributed by atoms with Crippen molar-refractivity contribution in [1.82, 2.24) is 30.8 Å². The zero-order valence-corrected chi connectivity index (χ0v) is 15.8. The van der Waals surface area contributed by atoms with Gasteiger partial charge in [-0.25, -0.2) is 20.4 Å². The number of nitrogens with one attached hydrogen (secondary N) is 2. The number of amides is 1. The summed E-state index contributed by atoms with van der Waals surface area (Å²) < 4.78 is 24.0. The van der Waals surface area contributed by atoms with E-state index in [0.29, 0.717) is 29.5 Å². The van der Waals surface area contributed by atoms with E-state index in [1.54, 1.807) is 18.3 Å². The van der Waals surface area contributed by atoms with Crippen molar-refractivity contribution in [2.75, 3.05) is 13.7 Å². The molecule has 0 atom stereocenters. The maximum absolute atomic E-state index is 13.7. The van der Waals surface area contributed by atoms with Crippen molar-refractivity contribution in [3.8, 4) is 22.9 Å².